The van der Waals surface area contributed by atoms with E-state index < -0.39 is 29.9 Å². The molecule has 3 amide bonds. The van der Waals surface area contributed by atoms with E-state index in [0.29, 0.717) is 6.61 Å². The van der Waals surface area contributed by atoms with Crippen molar-refractivity contribution in [3.8, 4) is 11.4 Å². The highest BCUT2D eigenvalue weighted by Crippen LogP contribution is 2.29. The minimum atomic E-state index is -4.76. The quantitative estimate of drug-likeness (QED) is 0.387. The van der Waals surface area contributed by atoms with Crippen LogP contribution in [0.25, 0.3) is 11.4 Å². The van der Waals surface area contributed by atoms with E-state index >= 15 is 0 Å². The number of ether oxygens (including phenoxy) is 1. The molecule has 14 heteroatoms. The number of benzene rings is 2. The van der Waals surface area contributed by atoms with Crippen LogP contribution in [0.5, 0.6) is 0 Å². The van der Waals surface area contributed by atoms with Crippen molar-refractivity contribution in [2.45, 2.75) is 12.2 Å². The maximum Gasteiger partial charge on any atom is 0.471 e. The molecule has 0 saturated carbocycles. The Morgan fingerprint density at radius 1 is 1.03 bits per heavy atom. The highest BCUT2D eigenvalue weighted by molar-refractivity contribution is 6.00. The average Bonchev–Trinajstić information content (AvgIpc) is 3.46. The molecule has 0 unspecified atom stereocenters. The maximum atomic E-state index is 13.2. The van der Waals surface area contributed by atoms with Crippen molar-refractivity contribution in [3.05, 3.63) is 71.1 Å². The summed E-state index contributed by atoms with van der Waals surface area (Å²) >= 11 is 0. The van der Waals surface area contributed by atoms with E-state index in [-0.39, 0.29) is 66.8 Å². The lowest BCUT2D eigenvalue weighted by Crippen LogP contribution is -2.53. The number of carbonyl (C=O) groups excluding carboxylic acids is 3. The number of carbonyl (C=O) groups is 3. The van der Waals surface area contributed by atoms with Crippen LogP contribution in [0.15, 0.2) is 53.1 Å². The number of aliphatic hydroxyl groups is 1. The summed E-state index contributed by atoms with van der Waals surface area (Å²) < 4.78 is 47.8. The number of amides is 3. The van der Waals surface area contributed by atoms with Gasteiger partial charge in [0, 0.05) is 41.9 Å². The minimum absolute atomic E-state index is 0.0722. The Morgan fingerprint density at radius 3 is 2.44 bits per heavy atom. The van der Waals surface area contributed by atoms with Crippen molar-refractivity contribution in [1.82, 2.24) is 25.7 Å². The lowest BCUT2D eigenvalue weighted by molar-refractivity contribution is -0.159. The molecule has 206 valence electrons. The highest BCUT2D eigenvalue weighted by atomic mass is 19.4. The summed E-state index contributed by atoms with van der Waals surface area (Å²) in [6, 6.07) is 11.3. The summed E-state index contributed by atoms with van der Waals surface area (Å²) in [5.74, 6) is -2.96. The topological polar surface area (TPSA) is 147 Å². The molecule has 1 aromatic heterocycles. The highest BCUT2D eigenvalue weighted by Gasteiger charge is 2.38. The van der Waals surface area contributed by atoms with Crippen molar-refractivity contribution in [1.29, 1.82) is 0 Å². The minimum Gasteiger partial charge on any atom is -0.395 e. The van der Waals surface area contributed by atoms with Gasteiger partial charge in [-0.2, -0.15) is 18.2 Å². The number of alkyl halides is 3. The van der Waals surface area contributed by atoms with Crippen LogP contribution >= 0.6 is 0 Å². The van der Waals surface area contributed by atoms with Gasteiger partial charge < -0.3 is 29.9 Å². The number of halogens is 3. The van der Waals surface area contributed by atoms with Gasteiger partial charge >= 0.3 is 12.1 Å². The molecule has 2 aromatic carbocycles. The molecule has 1 saturated heterocycles. The number of nitrogens with one attached hydrogen (secondary N) is 2. The van der Waals surface area contributed by atoms with E-state index in [9.17, 15) is 27.6 Å². The molecule has 1 fully saturated rings. The van der Waals surface area contributed by atoms with Crippen molar-refractivity contribution in [2.75, 3.05) is 39.5 Å². The standard InChI is InChI=1S/C25H24F3N5O6/c26-25(27,28)24-31-20(32-39-24)15-4-6-16(7-5-15)21(35)30-13-19-14-38-11-9-33(19)23(37)18-3-1-2-17(12-18)22(36)29-8-10-34/h1-7,12,19,34H,8-11,13-14H2,(H,29,36)(H,30,35)/t19-/m0/s1. The van der Waals surface area contributed by atoms with Crippen LogP contribution in [0.3, 0.4) is 0 Å². The van der Waals surface area contributed by atoms with Gasteiger partial charge in [0.25, 0.3) is 17.7 Å². The summed E-state index contributed by atoms with van der Waals surface area (Å²) in [6.45, 7) is 0.711. The van der Waals surface area contributed by atoms with Crippen LogP contribution in [0.4, 0.5) is 13.2 Å². The molecular weight excluding hydrogens is 523 g/mol. The van der Waals surface area contributed by atoms with Gasteiger partial charge in [0.15, 0.2) is 0 Å². The Morgan fingerprint density at radius 2 is 1.74 bits per heavy atom. The fraction of sp³-hybridized carbons (Fsp3) is 0.320. The van der Waals surface area contributed by atoms with Crippen LogP contribution in [-0.2, 0) is 10.9 Å². The summed E-state index contributed by atoms with van der Waals surface area (Å²) in [7, 11) is 0. The predicted molar refractivity (Wildman–Crippen MR) is 129 cm³/mol. The Kier molecular flexibility index (Phi) is 8.56. The van der Waals surface area contributed by atoms with Gasteiger partial charge in [-0.25, -0.2) is 0 Å². The van der Waals surface area contributed by atoms with Crippen molar-refractivity contribution in [3.63, 3.8) is 0 Å². The van der Waals surface area contributed by atoms with Gasteiger partial charge in [-0.1, -0.05) is 23.4 Å². The van der Waals surface area contributed by atoms with Gasteiger partial charge in [-0.05, 0) is 30.3 Å². The van der Waals surface area contributed by atoms with Crippen LogP contribution in [0.2, 0.25) is 0 Å². The zero-order valence-electron chi connectivity index (χ0n) is 20.4. The molecule has 0 aliphatic carbocycles. The van der Waals surface area contributed by atoms with Crippen LogP contribution in [0.1, 0.15) is 37.0 Å². The smallest absolute Gasteiger partial charge is 0.395 e. The van der Waals surface area contributed by atoms with Crippen LogP contribution in [-0.4, -0.2) is 83.4 Å². The molecule has 4 rings (SSSR count). The number of hydrogen-bond donors (Lipinski definition) is 3. The second kappa shape index (κ2) is 12.0. The fourth-order valence-electron chi connectivity index (χ4n) is 3.86. The number of aliphatic hydroxyl groups excluding tert-OH is 1. The summed E-state index contributed by atoms with van der Waals surface area (Å²) in [5.41, 5.74) is 1.02. The van der Waals surface area contributed by atoms with Gasteiger partial charge in [-0.3, -0.25) is 14.4 Å². The third-order valence-electron chi connectivity index (χ3n) is 5.83. The van der Waals surface area contributed by atoms with Gasteiger partial charge in [0.05, 0.1) is 25.9 Å². The third kappa shape index (κ3) is 6.78. The van der Waals surface area contributed by atoms with E-state index in [1.165, 1.54) is 30.3 Å². The molecule has 0 spiro atoms. The van der Waals surface area contributed by atoms with E-state index in [4.69, 9.17) is 9.84 Å². The summed E-state index contributed by atoms with van der Waals surface area (Å²) in [6.07, 6.45) is -4.76. The molecule has 11 nitrogen and oxygen atoms in total. The van der Waals surface area contributed by atoms with E-state index in [2.05, 4.69) is 25.3 Å². The lowest BCUT2D eigenvalue weighted by atomic mass is 10.1. The van der Waals surface area contributed by atoms with E-state index in [1.807, 2.05) is 0 Å². The number of aromatic nitrogens is 2. The molecule has 1 aliphatic rings. The molecule has 1 aliphatic heterocycles. The van der Waals surface area contributed by atoms with E-state index in [0.717, 1.165) is 0 Å². The molecule has 0 bridgehead atoms. The number of morpholine rings is 1. The first-order valence-corrected chi connectivity index (χ1v) is 11.8. The number of rotatable bonds is 8. The van der Waals surface area contributed by atoms with Gasteiger partial charge in [0.1, 0.15) is 0 Å². The normalized spacial score (nSPS) is 15.6. The van der Waals surface area contributed by atoms with Crippen molar-refractivity contribution >= 4 is 17.7 Å². The lowest BCUT2D eigenvalue weighted by Gasteiger charge is -2.35. The maximum absolute atomic E-state index is 13.2. The van der Waals surface area contributed by atoms with Crippen molar-refractivity contribution in [2.24, 2.45) is 0 Å². The average molecular weight is 547 g/mol. The largest absolute Gasteiger partial charge is 0.471 e. The second-order valence-electron chi connectivity index (χ2n) is 8.50. The predicted octanol–water partition coefficient (Wildman–Crippen LogP) is 1.75. The third-order valence-corrected chi connectivity index (χ3v) is 5.83. The molecule has 3 aromatic rings. The Labute approximate surface area is 219 Å². The first kappa shape index (κ1) is 27.7. The summed E-state index contributed by atoms with van der Waals surface area (Å²) in [4.78, 5) is 43.0. The van der Waals surface area contributed by atoms with Crippen LogP contribution < -0.4 is 10.6 Å². The van der Waals surface area contributed by atoms with E-state index in [1.54, 1.807) is 23.1 Å². The SMILES string of the molecule is O=C(NCCO)c1cccc(C(=O)N2CCOC[C@@H]2CNC(=O)c2ccc(-c3noc(C(F)(F)F)n3)cc2)c1. The molecular formula is C25H24F3N5O6. The van der Waals surface area contributed by atoms with Crippen LogP contribution in [0, 0.1) is 0 Å². The molecule has 0 radical (unpaired) electrons. The Bertz CT molecular complexity index is 1330. The number of nitrogens with zero attached hydrogens (tertiary/aromatic N) is 3. The van der Waals surface area contributed by atoms with Gasteiger partial charge in [-0.15, -0.1) is 0 Å². The van der Waals surface area contributed by atoms with Crippen molar-refractivity contribution < 1.29 is 41.9 Å². The molecule has 39 heavy (non-hydrogen) atoms. The summed E-state index contributed by atoms with van der Waals surface area (Å²) in [5, 5.41) is 17.5. The Hall–Kier alpha value is -4.30. The zero-order chi connectivity index (χ0) is 28.0. The molecule has 2 heterocycles. The first-order valence-electron chi connectivity index (χ1n) is 11.8. The number of hydrogen-bond acceptors (Lipinski definition) is 8. The monoisotopic (exact) mass is 547 g/mol. The fourth-order valence-corrected chi connectivity index (χ4v) is 3.86. The second-order valence-corrected chi connectivity index (χ2v) is 8.50. The molecule has 1 atom stereocenters. The molecule has 3 N–H and O–H groups in total. The van der Waals surface area contributed by atoms with Gasteiger partial charge in [0.2, 0.25) is 5.82 Å². The Balaban J connectivity index is 1.39. The zero-order valence-corrected chi connectivity index (χ0v) is 20.4. The first-order chi connectivity index (χ1) is 18.7.